The van der Waals surface area contributed by atoms with Gasteiger partial charge >= 0.3 is 0 Å². The summed E-state index contributed by atoms with van der Waals surface area (Å²) in [6.45, 7) is 2.20. The minimum atomic E-state index is -0.00849. The summed E-state index contributed by atoms with van der Waals surface area (Å²) < 4.78 is 6.51. The number of nitrogens with one attached hydrogen (secondary N) is 2. The van der Waals surface area contributed by atoms with Crippen LogP contribution < -0.4 is 15.4 Å². The second-order valence-corrected chi connectivity index (χ2v) is 8.86. The summed E-state index contributed by atoms with van der Waals surface area (Å²) >= 11 is 1.88. The van der Waals surface area contributed by atoms with Crippen molar-refractivity contribution in [3.8, 4) is 5.75 Å². The van der Waals surface area contributed by atoms with E-state index in [1.54, 1.807) is 7.11 Å². The van der Waals surface area contributed by atoms with E-state index >= 15 is 0 Å². The van der Waals surface area contributed by atoms with E-state index in [4.69, 9.17) is 4.74 Å². The molecular weight excluding hydrogens is 380 g/mol. The number of fused-ring (bicyclic) bond motifs is 1. The van der Waals surface area contributed by atoms with Gasteiger partial charge in [0.25, 0.3) is 5.91 Å². The van der Waals surface area contributed by atoms with Crippen molar-refractivity contribution in [1.82, 2.24) is 5.32 Å². The molecule has 4 nitrogen and oxygen atoms in total. The fraction of sp³-hybridized carbons (Fsp3) is 0.375. The minimum absolute atomic E-state index is 0.00849. The van der Waals surface area contributed by atoms with E-state index in [0.717, 1.165) is 37.9 Å². The fourth-order valence-corrected chi connectivity index (χ4v) is 5.13. The average molecular weight is 409 g/mol. The van der Waals surface area contributed by atoms with Crippen molar-refractivity contribution in [2.45, 2.75) is 51.1 Å². The van der Waals surface area contributed by atoms with Gasteiger partial charge in [0, 0.05) is 38.3 Å². The predicted molar refractivity (Wildman–Crippen MR) is 121 cm³/mol. The van der Waals surface area contributed by atoms with Crippen molar-refractivity contribution >= 4 is 33.0 Å². The van der Waals surface area contributed by atoms with Crippen LogP contribution in [-0.4, -0.2) is 25.1 Å². The zero-order valence-corrected chi connectivity index (χ0v) is 17.9. The third kappa shape index (κ3) is 4.56. The molecule has 1 aliphatic carbocycles. The van der Waals surface area contributed by atoms with Crippen molar-refractivity contribution < 1.29 is 9.53 Å². The summed E-state index contributed by atoms with van der Waals surface area (Å²) in [6.07, 6.45) is 5.30. The maximum absolute atomic E-state index is 12.6. The molecule has 0 saturated heterocycles. The summed E-state index contributed by atoms with van der Waals surface area (Å²) in [5.41, 5.74) is 1.89. The van der Waals surface area contributed by atoms with Crippen LogP contribution in [0.3, 0.4) is 0 Å². The molecular formula is C24H28N2O2S. The Hall–Kier alpha value is -2.53. The number of methoxy groups -OCH3 is 1. The highest BCUT2D eigenvalue weighted by molar-refractivity contribution is 7.19. The first kappa shape index (κ1) is 19.8. The molecule has 0 unspecified atom stereocenters. The number of anilines is 1. The fourth-order valence-electron chi connectivity index (χ4n) is 4.10. The van der Waals surface area contributed by atoms with Crippen molar-refractivity contribution in [3.05, 3.63) is 59.0 Å². The second-order valence-electron chi connectivity index (χ2n) is 7.69. The number of hydrogen-bond acceptors (Lipinski definition) is 4. The first-order chi connectivity index (χ1) is 14.2. The minimum Gasteiger partial charge on any atom is -0.497 e. The molecule has 1 saturated carbocycles. The maximum atomic E-state index is 12.6. The molecule has 2 atom stereocenters. The van der Waals surface area contributed by atoms with E-state index in [1.807, 2.05) is 35.6 Å². The highest BCUT2D eigenvalue weighted by atomic mass is 32.1. The quantitative estimate of drug-likeness (QED) is 0.556. The average Bonchev–Trinajstić information content (AvgIpc) is 3.19. The van der Waals surface area contributed by atoms with Crippen LogP contribution in [0.15, 0.2) is 48.5 Å². The summed E-state index contributed by atoms with van der Waals surface area (Å²) in [4.78, 5) is 14.0. The standard InChI is InChI=1S/C24H28N2O2S/c1-3-20-15-21-22(8-5-9-23(21)29-20)25-17-6-4-7-18(14-17)26-24(27)16-10-12-19(28-2)13-11-16/h5,8-13,15,17-18,25H,3-4,6-7,14H2,1-2H3,(H,26,27)/t17-,18+/m0/s1. The lowest BCUT2D eigenvalue weighted by Gasteiger charge is -2.31. The molecule has 0 aliphatic heterocycles. The molecule has 152 valence electrons. The molecule has 1 amide bonds. The van der Waals surface area contributed by atoms with E-state index in [2.05, 4.69) is 41.8 Å². The summed E-state index contributed by atoms with van der Waals surface area (Å²) in [6, 6.07) is 16.7. The number of ether oxygens (including phenoxy) is 1. The van der Waals surface area contributed by atoms with Gasteiger partial charge in [0.05, 0.1) is 7.11 Å². The van der Waals surface area contributed by atoms with Gasteiger partial charge < -0.3 is 15.4 Å². The van der Waals surface area contributed by atoms with Crippen LogP contribution >= 0.6 is 11.3 Å². The molecule has 1 aromatic heterocycles. The summed E-state index contributed by atoms with van der Waals surface area (Å²) in [5.74, 6) is 0.753. The Labute approximate surface area is 176 Å². The van der Waals surface area contributed by atoms with Gasteiger partial charge in [0.15, 0.2) is 0 Å². The van der Waals surface area contributed by atoms with Gasteiger partial charge in [-0.1, -0.05) is 13.0 Å². The number of carbonyl (C=O) groups excluding carboxylic acids is 1. The lowest BCUT2D eigenvalue weighted by Crippen LogP contribution is -2.41. The van der Waals surface area contributed by atoms with Crippen LogP contribution in [-0.2, 0) is 6.42 Å². The molecule has 3 aromatic rings. The van der Waals surface area contributed by atoms with Crippen molar-refractivity contribution in [2.75, 3.05) is 12.4 Å². The molecule has 0 spiro atoms. The molecule has 2 N–H and O–H groups in total. The smallest absolute Gasteiger partial charge is 0.251 e. The number of aryl methyl sites for hydroxylation is 1. The molecule has 1 aliphatic rings. The molecule has 4 rings (SSSR count). The highest BCUT2D eigenvalue weighted by Gasteiger charge is 2.24. The van der Waals surface area contributed by atoms with Gasteiger partial charge in [0.1, 0.15) is 5.75 Å². The van der Waals surface area contributed by atoms with Crippen LogP contribution in [0.2, 0.25) is 0 Å². The first-order valence-corrected chi connectivity index (χ1v) is 11.2. The van der Waals surface area contributed by atoms with Crippen LogP contribution in [0.4, 0.5) is 5.69 Å². The molecule has 1 fully saturated rings. The lowest BCUT2D eigenvalue weighted by molar-refractivity contribution is 0.0926. The number of amides is 1. The SMILES string of the molecule is CCc1cc2c(N[C@H]3CCC[C@@H](NC(=O)c4ccc(OC)cc4)C3)cccc2s1. The van der Waals surface area contributed by atoms with Gasteiger partial charge in [-0.3, -0.25) is 4.79 Å². The number of benzene rings is 2. The van der Waals surface area contributed by atoms with Crippen LogP contribution in [0.1, 0.15) is 47.8 Å². The Kier molecular flexibility index (Phi) is 6.05. The van der Waals surface area contributed by atoms with Crippen LogP contribution in [0.5, 0.6) is 5.75 Å². The van der Waals surface area contributed by atoms with Crippen molar-refractivity contribution in [1.29, 1.82) is 0 Å². The largest absolute Gasteiger partial charge is 0.497 e. The third-order valence-corrected chi connectivity index (χ3v) is 6.93. The molecule has 0 bridgehead atoms. The molecule has 1 heterocycles. The topological polar surface area (TPSA) is 50.4 Å². The monoisotopic (exact) mass is 408 g/mol. The van der Waals surface area contributed by atoms with Crippen molar-refractivity contribution in [2.24, 2.45) is 0 Å². The number of rotatable bonds is 6. The van der Waals surface area contributed by atoms with E-state index in [1.165, 1.54) is 20.7 Å². The lowest BCUT2D eigenvalue weighted by atomic mass is 9.90. The number of hydrogen-bond donors (Lipinski definition) is 2. The summed E-state index contributed by atoms with van der Waals surface area (Å²) in [5, 5.41) is 8.30. The zero-order valence-electron chi connectivity index (χ0n) is 17.0. The van der Waals surface area contributed by atoms with E-state index in [-0.39, 0.29) is 11.9 Å². The van der Waals surface area contributed by atoms with E-state index in [9.17, 15) is 4.79 Å². The third-order valence-electron chi connectivity index (χ3n) is 5.68. The van der Waals surface area contributed by atoms with Crippen molar-refractivity contribution in [3.63, 3.8) is 0 Å². The Morgan fingerprint density at radius 1 is 1.14 bits per heavy atom. The Balaban J connectivity index is 1.40. The number of thiophene rings is 1. The summed E-state index contributed by atoms with van der Waals surface area (Å²) in [7, 11) is 1.63. The predicted octanol–water partition coefficient (Wildman–Crippen LogP) is 5.63. The van der Waals surface area contributed by atoms with Gasteiger partial charge in [-0.15, -0.1) is 11.3 Å². The molecule has 29 heavy (non-hydrogen) atoms. The maximum Gasteiger partial charge on any atom is 0.251 e. The second kappa shape index (κ2) is 8.87. The van der Waals surface area contributed by atoms with Gasteiger partial charge in [0.2, 0.25) is 0 Å². The molecule has 5 heteroatoms. The number of carbonyl (C=O) groups is 1. The van der Waals surface area contributed by atoms with Crippen LogP contribution in [0, 0.1) is 0 Å². The normalized spacial score (nSPS) is 19.1. The van der Waals surface area contributed by atoms with E-state index < -0.39 is 0 Å². The Bertz CT molecular complexity index is 980. The Morgan fingerprint density at radius 3 is 2.69 bits per heavy atom. The van der Waals surface area contributed by atoms with Crippen LogP contribution in [0.25, 0.3) is 10.1 Å². The Morgan fingerprint density at radius 2 is 1.93 bits per heavy atom. The van der Waals surface area contributed by atoms with Gasteiger partial charge in [-0.05, 0) is 74.6 Å². The van der Waals surface area contributed by atoms with Gasteiger partial charge in [-0.2, -0.15) is 0 Å². The van der Waals surface area contributed by atoms with E-state index in [0.29, 0.717) is 11.6 Å². The first-order valence-electron chi connectivity index (χ1n) is 10.4. The van der Waals surface area contributed by atoms with Gasteiger partial charge in [-0.25, -0.2) is 0 Å². The zero-order chi connectivity index (χ0) is 20.2. The highest BCUT2D eigenvalue weighted by Crippen LogP contribution is 2.33. The molecule has 2 aromatic carbocycles. The molecule has 0 radical (unpaired) electrons.